The number of carbonyl (C=O) groups is 1. The van der Waals surface area contributed by atoms with Crippen molar-refractivity contribution in [2.75, 3.05) is 77.4 Å². The summed E-state index contributed by atoms with van der Waals surface area (Å²) < 4.78 is 29.2. The van der Waals surface area contributed by atoms with Crippen molar-refractivity contribution < 1.29 is 28.5 Å². The van der Waals surface area contributed by atoms with Gasteiger partial charge in [0.05, 0.1) is 26.5 Å². The Hall–Kier alpha value is -5.07. The fourth-order valence-corrected chi connectivity index (χ4v) is 5.51. The number of carbonyl (C=O) groups excluding carboxylic acids is 1. The van der Waals surface area contributed by atoms with Crippen LogP contribution in [-0.2, 0) is 0 Å². The zero-order valence-electron chi connectivity index (χ0n) is 28.5. The van der Waals surface area contributed by atoms with Gasteiger partial charge in [-0.15, -0.1) is 0 Å². The molecule has 0 unspecified atom stereocenters. The molecule has 12 nitrogen and oxygen atoms in total. The fourth-order valence-electron chi connectivity index (χ4n) is 5.51. The van der Waals surface area contributed by atoms with Crippen molar-refractivity contribution in [2.24, 2.45) is 0 Å². The molecule has 48 heavy (non-hydrogen) atoms. The Balaban J connectivity index is 1.40. The van der Waals surface area contributed by atoms with E-state index in [0.29, 0.717) is 59.2 Å². The number of rotatable bonds is 13. The molecule has 4 aromatic rings. The summed E-state index contributed by atoms with van der Waals surface area (Å²) in [7, 11) is 5.31. The molecule has 0 aliphatic carbocycles. The van der Waals surface area contributed by atoms with Crippen LogP contribution in [-0.4, -0.2) is 93.1 Å². The van der Waals surface area contributed by atoms with Crippen molar-refractivity contribution in [3.05, 3.63) is 78.0 Å². The Morgan fingerprint density at radius 3 is 2.19 bits per heavy atom. The molecule has 1 N–H and O–H groups in total. The number of ether oxygens (including phenoxy) is 5. The normalized spacial score (nSPS) is 13.5. The predicted octanol–water partition coefficient (Wildman–Crippen LogP) is 6.22. The summed E-state index contributed by atoms with van der Waals surface area (Å²) in [5.41, 5.74) is 3.01. The van der Waals surface area contributed by atoms with E-state index >= 15 is 0 Å². The molecule has 254 valence electrons. The molecular weight excluding hydrogens is 612 g/mol. The monoisotopic (exact) mass is 656 g/mol. The molecule has 1 fully saturated rings. The van der Waals surface area contributed by atoms with Gasteiger partial charge in [0.25, 0.3) is 0 Å². The van der Waals surface area contributed by atoms with Crippen LogP contribution in [0.25, 0.3) is 0 Å². The Bertz CT molecular complexity index is 1650. The molecule has 1 aromatic heterocycles. The summed E-state index contributed by atoms with van der Waals surface area (Å²) in [6.07, 6.45) is 0.933. The van der Waals surface area contributed by atoms with Crippen molar-refractivity contribution in [2.45, 2.75) is 20.8 Å². The van der Waals surface area contributed by atoms with Crippen molar-refractivity contribution in [1.82, 2.24) is 19.8 Å². The minimum absolute atomic E-state index is 0.249. The number of nitrogens with zero attached hydrogens (tertiary/aromatic N) is 5. The van der Waals surface area contributed by atoms with Gasteiger partial charge in [-0.3, -0.25) is 4.90 Å². The van der Waals surface area contributed by atoms with E-state index in [4.69, 9.17) is 28.7 Å². The van der Waals surface area contributed by atoms with Gasteiger partial charge < -0.3 is 33.9 Å². The number of aromatic nitrogens is 2. The number of amides is 1. The smallest absolute Gasteiger partial charge is 0.425 e. The van der Waals surface area contributed by atoms with E-state index in [0.717, 1.165) is 43.9 Å². The molecule has 3 aromatic carbocycles. The van der Waals surface area contributed by atoms with Crippen molar-refractivity contribution >= 4 is 29.2 Å². The summed E-state index contributed by atoms with van der Waals surface area (Å²) >= 11 is 0. The number of para-hydroxylation sites is 3. The van der Waals surface area contributed by atoms with Crippen LogP contribution in [0.2, 0.25) is 0 Å². The molecule has 1 aliphatic rings. The Morgan fingerprint density at radius 2 is 1.54 bits per heavy atom. The zero-order chi connectivity index (χ0) is 34.0. The van der Waals surface area contributed by atoms with Gasteiger partial charge >= 0.3 is 6.09 Å². The third-order valence-electron chi connectivity index (χ3n) is 8.03. The van der Waals surface area contributed by atoms with Gasteiger partial charge in [-0.2, -0.15) is 4.98 Å². The summed E-state index contributed by atoms with van der Waals surface area (Å²) in [6.45, 7) is 11.6. The van der Waals surface area contributed by atoms with Gasteiger partial charge in [-0.25, -0.2) is 14.7 Å². The van der Waals surface area contributed by atoms with Crippen LogP contribution >= 0.6 is 0 Å². The van der Waals surface area contributed by atoms with Gasteiger partial charge in [0, 0.05) is 62.8 Å². The number of hydrogen-bond acceptors (Lipinski definition) is 11. The maximum Gasteiger partial charge on any atom is 0.425 e. The highest BCUT2D eigenvalue weighted by Gasteiger charge is 2.27. The largest absolute Gasteiger partial charge is 0.493 e. The molecule has 2 heterocycles. The molecule has 1 saturated heterocycles. The van der Waals surface area contributed by atoms with E-state index < -0.39 is 6.09 Å². The minimum atomic E-state index is -0.648. The van der Waals surface area contributed by atoms with Crippen LogP contribution < -0.4 is 33.9 Å². The number of hydrogen-bond donors (Lipinski definition) is 1. The highest BCUT2D eigenvalue weighted by molar-refractivity contribution is 5.98. The number of aryl methyl sites for hydroxylation is 2. The third kappa shape index (κ3) is 8.25. The first-order valence-electron chi connectivity index (χ1n) is 16.0. The summed E-state index contributed by atoms with van der Waals surface area (Å²) in [6, 6.07) is 18.1. The lowest BCUT2D eigenvalue weighted by Crippen LogP contribution is -2.45. The number of benzene rings is 3. The second-order valence-corrected chi connectivity index (χ2v) is 11.4. The zero-order valence-corrected chi connectivity index (χ0v) is 28.5. The molecule has 0 saturated carbocycles. The minimum Gasteiger partial charge on any atom is -0.493 e. The molecule has 1 amide bonds. The maximum atomic E-state index is 14.0. The van der Waals surface area contributed by atoms with E-state index in [1.165, 1.54) is 4.90 Å². The van der Waals surface area contributed by atoms with Crippen LogP contribution in [0, 0.1) is 13.8 Å². The average Bonchev–Trinajstić information content (AvgIpc) is 3.08. The van der Waals surface area contributed by atoms with Gasteiger partial charge in [0.15, 0.2) is 23.0 Å². The van der Waals surface area contributed by atoms with Crippen molar-refractivity contribution in [1.29, 1.82) is 0 Å². The van der Waals surface area contributed by atoms with Gasteiger partial charge in [-0.05, 0) is 51.1 Å². The first kappa shape index (κ1) is 34.3. The Kier molecular flexibility index (Phi) is 11.5. The van der Waals surface area contributed by atoms with E-state index in [9.17, 15) is 4.79 Å². The topological polar surface area (TPSA) is 111 Å². The predicted molar refractivity (Wildman–Crippen MR) is 186 cm³/mol. The van der Waals surface area contributed by atoms with Gasteiger partial charge in [0.1, 0.15) is 12.4 Å². The molecular formula is C36H44N6O6. The second-order valence-electron chi connectivity index (χ2n) is 11.4. The quantitative estimate of drug-likeness (QED) is 0.177. The first-order chi connectivity index (χ1) is 23.3. The van der Waals surface area contributed by atoms with Crippen molar-refractivity contribution in [3.63, 3.8) is 0 Å². The van der Waals surface area contributed by atoms with Gasteiger partial charge in [0.2, 0.25) is 11.7 Å². The van der Waals surface area contributed by atoms with Crippen LogP contribution in [0.15, 0.2) is 66.9 Å². The Morgan fingerprint density at radius 1 is 0.875 bits per heavy atom. The number of anilines is 4. The van der Waals surface area contributed by atoms with Crippen LogP contribution in [0.5, 0.6) is 28.7 Å². The second kappa shape index (κ2) is 16.2. The highest BCUT2D eigenvalue weighted by Crippen LogP contribution is 2.41. The average molecular weight is 657 g/mol. The highest BCUT2D eigenvalue weighted by atomic mass is 16.6. The number of piperazine rings is 1. The number of nitrogens with one attached hydrogen (secondary N) is 1. The molecule has 0 atom stereocenters. The molecule has 0 bridgehead atoms. The lowest BCUT2D eigenvalue weighted by Gasteiger charge is -2.32. The lowest BCUT2D eigenvalue weighted by atomic mass is 10.1. The summed E-state index contributed by atoms with van der Waals surface area (Å²) in [4.78, 5) is 29.3. The van der Waals surface area contributed by atoms with E-state index in [-0.39, 0.29) is 5.95 Å². The number of likely N-dealkylation sites (N-methyl/N-ethyl adjacent to an activating group) is 1. The lowest BCUT2D eigenvalue weighted by molar-refractivity contribution is 0.131. The molecule has 1 aliphatic heterocycles. The van der Waals surface area contributed by atoms with Gasteiger partial charge in [-0.1, -0.05) is 30.3 Å². The molecule has 0 spiro atoms. The molecule has 5 rings (SSSR count). The summed E-state index contributed by atoms with van der Waals surface area (Å²) in [5.74, 6) is 2.85. The summed E-state index contributed by atoms with van der Waals surface area (Å²) in [5, 5.41) is 3.23. The SMILES string of the molecule is CCOc1ccccc1OC(=O)N(c1ccnc(Nc2cc(OC)c(OCCN3CCN(C)CC3)c(OC)c2)n1)c1c(C)cccc1C. The van der Waals surface area contributed by atoms with E-state index in [2.05, 4.69) is 27.1 Å². The third-order valence-corrected chi connectivity index (χ3v) is 8.03. The van der Waals surface area contributed by atoms with Crippen molar-refractivity contribution in [3.8, 4) is 28.7 Å². The first-order valence-corrected chi connectivity index (χ1v) is 16.0. The maximum absolute atomic E-state index is 14.0. The van der Waals surface area contributed by atoms with E-state index in [1.54, 1.807) is 56.8 Å². The van der Waals surface area contributed by atoms with Crippen LogP contribution in [0.3, 0.4) is 0 Å². The number of methoxy groups -OCH3 is 2. The van der Waals surface area contributed by atoms with E-state index in [1.807, 2.05) is 45.0 Å². The fraction of sp³-hybridized carbons (Fsp3) is 0.361. The molecule has 0 radical (unpaired) electrons. The van der Waals surface area contributed by atoms with Crippen LogP contribution in [0.4, 0.5) is 27.9 Å². The molecule has 12 heteroatoms. The van der Waals surface area contributed by atoms with Crippen LogP contribution in [0.1, 0.15) is 18.1 Å². The standard InChI is InChI=1S/C36H44N6O6/c1-7-46-28-13-8-9-14-29(28)48-36(43)42(33-25(2)11-10-12-26(33)3)32-15-16-37-35(39-32)38-27-23-30(44-5)34(31(24-27)45-6)47-22-21-41-19-17-40(4)18-20-41/h8-16,23-24H,7,17-22H2,1-6H3,(H,37,38,39). The Labute approximate surface area is 282 Å².